The summed E-state index contributed by atoms with van der Waals surface area (Å²) in [6.45, 7) is 4.20. The minimum Gasteiger partial charge on any atom is -0.466 e. The first-order chi connectivity index (χ1) is 6.28. The fraction of sp³-hybridized carbons (Fsp3) is 0.900. The van der Waals surface area contributed by atoms with Crippen LogP contribution in [0.15, 0.2) is 0 Å². The number of ether oxygens (including phenoxy) is 1. The summed E-state index contributed by atoms with van der Waals surface area (Å²) in [5, 5.41) is 3.30. The Kier molecular flexibility index (Phi) is 2.28. The summed E-state index contributed by atoms with van der Waals surface area (Å²) in [7, 11) is 0. The molecule has 0 aromatic heterocycles. The highest BCUT2D eigenvalue weighted by Crippen LogP contribution is 2.49. The van der Waals surface area contributed by atoms with Crippen LogP contribution in [-0.2, 0) is 9.53 Å². The zero-order valence-electron chi connectivity index (χ0n) is 8.14. The van der Waals surface area contributed by atoms with E-state index in [2.05, 4.69) is 5.32 Å². The molecule has 1 aliphatic carbocycles. The summed E-state index contributed by atoms with van der Waals surface area (Å²) < 4.78 is 5.08. The summed E-state index contributed by atoms with van der Waals surface area (Å²) in [6.07, 6.45) is 3.67. The molecular weight excluding hydrogens is 166 g/mol. The van der Waals surface area contributed by atoms with E-state index >= 15 is 0 Å². The molecule has 13 heavy (non-hydrogen) atoms. The Hall–Kier alpha value is -0.570. The van der Waals surface area contributed by atoms with E-state index in [4.69, 9.17) is 4.74 Å². The predicted molar refractivity (Wildman–Crippen MR) is 49.3 cm³/mol. The largest absolute Gasteiger partial charge is 0.466 e. The molecule has 1 spiro atoms. The van der Waals surface area contributed by atoms with Crippen molar-refractivity contribution >= 4 is 5.97 Å². The standard InChI is InChI=1S/C10H17NO2/c1-2-13-9(12)8-6-11-7-10(8)4-3-5-10/h8,11H,2-7H2,1H3/t8-/m1/s1. The number of carbonyl (C=O) groups excluding carboxylic acids is 1. The first-order valence-electron chi connectivity index (χ1n) is 5.16. The van der Waals surface area contributed by atoms with Crippen LogP contribution in [-0.4, -0.2) is 25.7 Å². The molecule has 0 radical (unpaired) electrons. The third kappa shape index (κ3) is 1.35. The molecule has 1 aliphatic heterocycles. The van der Waals surface area contributed by atoms with Crippen molar-refractivity contribution in [1.82, 2.24) is 5.32 Å². The third-order valence-electron chi connectivity index (χ3n) is 3.49. The van der Waals surface area contributed by atoms with Crippen LogP contribution >= 0.6 is 0 Å². The summed E-state index contributed by atoms with van der Waals surface area (Å²) in [6, 6.07) is 0. The van der Waals surface area contributed by atoms with Crippen LogP contribution in [0.5, 0.6) is 0 Å². The maximum absolute atomic E-state index is 11.6. The van der Waals surface area contributed by atoms with E-state index in [0.29, 0.717) is 6.61 Å². The quantitative estimate of drug-likeness (QED) is 0.647. The van der Waals surface area contributed by atoms with Crippen molar-refractivity contribution in [3.05, 3.63) is 0 Å². The number of carbonyl (C=O) groups is 1. The topological polar surface area (TPSA) is 38.3 Å². The highest BCUT2D eigenvalue weighted by atomic mass is 16.5. The van der Waals surface area contributed by atoms with Crippen molar-refractivity contribution < 1.29 is 9.53 Å². The van der Waals surface area contributed by atoms with E-state index in [9.17, 15) is 4.79 Å². The Balaban J connectivity index is 2.01. The minimum atomic E-state index is 0.00667. The summed E-state index contributed by atoms with van der Waals surface area (Å²) in [5.74, 6) is 0.133. The number of esters is 1. The van der Waals surface area contributed by atoms with Crippen molar-refractivity contribution in [2.45, 2.75) is 26.2 Å². The van der Waals surface area contributed by atoms with E-state index < -0.39 is 0 Å². The molecule has 1 heterocycles. The molecule has 74 valence electrons. The molecule has 1 atom stereocenters. The second-order valence-corrected chi connectivity index (χ2v) is 4.15. The van der Waals surface area contributed by atoms with Crippen LogP contribution < -0.4 is 5.32 Å². The van der Waals surface area contributed by atoms with E-state index in [1.165, 1.54) is 19.3 Å². The fourth-order valence-electron chi connectivity index (χ4n) is 2.54. The van der Waals surface area contributed by atoms with Gasteiger partial charge in [-0.15, -0.1) is 0 Å². The Labute approximate surface area is 78.8 Å². The maximum Gasteiger partial charge on any atom is 0.310 e. The molecule has 2 rings (SSSR count). The Morgan fingerprint density at radius 3 is 2.92 bits per heavy atom. The van der Waals surface area contributed by atoms with E-state index in [1.54, 1.807) is 0 Å². The molecule has 2 fully saturated rings. The van der Waals surface area contributed by atoms with Crippen LogP contribution in [0.4, 0.5) is 0 Å². The monoisotopic (exact) mass is 183 g/mol. The number of nitrogens with one attached hydrogen (secondary N) is 1. The lowest BCUT2D eigenvalue weighted by atomic mass is 9.63. The molecule has 0 unspecified atom stereocenters. The minimum absolute atomic E-state index is 0.00667. The molecule has 0 aromatic rings. The Morgan fingerprint density at radius 1 is 1.62 bits per heavy atom. The van der Waals surface area contributed by atoms with Crippen LogP contribution in [0.25, 0.3) is 0 Å². The zero-order chi connectivity index (χ0) is 9.31. The number of rotatable bonds is 2. The average molecular weight is 183 g/mol. The van der Waals surface area contributed by atoms with Crippen LogP contribution in [0.1, 0.15) is 26.2 Å². The average Bonchev–Trinajstić information content (AvgIpc) is 2.46. The van der Waals surface area contributed by atoms with Gasteiger partial charge < -0.3 is 10.1 Å². The van der Waals surface area contributed by atoms with Crippen molar-refractivity contribution in [2.75, 3.05) is 19.7 Å². The number of hydrogen-bond acceptors (Lipinski definition) is 3. The van der Waals surface area contributed by atoms with Crippen molar-refractivity contribution in [3.63, 3.8) is 0 Å². The van der Waals surface area contributed by atoms with Gasteiger partial charge in [-0.1, -0.05) is 6.42 Å². The van der Waals surface area contributed by atoms with Gasteiger partial charge in [-0.2, -0.15) is 0 Å². The second-order valence-electron chi connectivity index (χ2n) is 4.15. The lowest BCUT2D eigenvalue weighted by molar-refractivity contribution is -0.153. The van der Waals surface area contributed by atoms with Gasteiger partial charge in [0, 0.05) is 13.1 Å². The van der Waals surface area contributed by atoms with E-state index in [-0.39, 0.29) is 17.3 Å². The SMILES string of the molecule is CCOC(=O)[C@H]1CNCC12CCC2. The lowest BCUT2D eigenvalue weighted by Gasteiger charge is -2.41. The molecule has 0 bridgehead atoms. The molecule has 0 aromatic carbocycles. The highest BCUT2D eigenvalue weighted by molar-refractivity contribution is 5.74. The van der Waals surface area contributed by atoms with Gasteiger partial charge in [-0.05, 0) is 25.2 Å². The van der Waals surface area contributed by atoms with Gasteiger partial charge in [0.2, 0.25) is 0 Å². The van der Waals surface area contributed by atoms with Crippen LogP contribution in [0.3, 0.4) is 0 Å². The lowest BCUT2D eigenvalue weighted by Crippen LogP contribution is -2.41. The Morgan fingerprint density at radius 2 is 2.38 bits per heavy atom. The second kappa shape index (κ2) is 3.29. The van der Waals surface area contributed by atoms with E-state index in [0.717, 1.165) is 13.1 Å². The third-order valence-corrected chi connectivity index (χ3v) is 3.49. The molecule has 0 amide bonds. The fourth-order valence-corrected chi connectivity index (χ4v) is 2.54. The van der Waals surface area contributed by atoms with Crippen molar-refractivity contribution in [3.8, 4) is 0 Å². The normalized spacial score (nSPS) is 30.1. The number of hydrogen-bond donors (Lipinski definition) is 1. The summed E-state index contributed by atoms with van der Waals surface area (Å²) >= 11 is 0. The van der Waals surface area contributed by atoms with Crippen molar-refractivity contribution in [2.24, 2.45) is 11.3 Å². The zero-order valence-corrected chi connectivity index (χ0v) is 8.14. The molecule has 1 saturated heterocycles. The van der Waals surface area contributed by atoms with Gasteiger partial charge in [0.25, 0.3) is 0 Å². The van der Waals surface area contributed by atoms with Gasteiger partial charge in [-0.3, -0.25) is 4.79 Å². The smallest absolute Gasteiger partial charge is 0.310 e. The van der Waals surface area contributed by atoms with E-state index in [1.807, 2.05) is 6.92 Å². The van der Waals surface area contributed by atoms with Gasteiger partial charge >= 0.3 is 5.97 Å². The van der Waals surface area contributed by atoms with Crippen molar-refractivity contribution in [1.29, 1.82) is 0 Å². The first-order valence-corrected chi connectivity index (χ1v) is 5.16. The van der Waals surface area contributed by atoms with Gasteiger partial charge in [0.05, 0.1) is 12.5 Å². The molecular formula is C10H17NO2. The first kappa shape index (κ1) is 9.00. The van der Waals surface area contributed by atoms with Gasteiger partial charge in [0.15, 0.2) is 0 Å². The van der Waals surface area contributed by atoms with Gasteiger partial charge in [0.1, 0.15) is 0 Å². The summed E-state index contributed by atoms with van der Waals surface area (Å²) in [4.78, 5) is 11.6. The molecule has 3 heteroatoms. The van der Waals surface area contributed by atoms with Crippen LogP contribution in [0.2, 0.25) is 0 Å². The molecule has 2 aliphatic rings. The van der Waals surface area contributed by atoms with Crippen LogP contribution in [0, 0.1) is 11.3 Å². The Bertz CT molecular complexity index is 211. The van der Waals surface area contributed by atoms with Gasteiger partial charge in [-0.25, -0.2) is 0 Å². The molecule has 3 nitrogen and oxygen atoms in total. The molecule has 1 N–H and O–H groups in total. The highest BCUT2D eigenvalue weighted by Gasteiger charge is 2.51. The maximum atomic E-state index is 11.6. The molecule has 1 saturated carbocycles. The predicted octanol–water partition coefficient (Wildman–Crippen LogP) is 0.939. The summed E-state index contributed by atoms with van der Waals surface area (Å²) in [5.41, 5.74) is 0.270.